The fourth-order valence-electron chi connectivity index (χ4n) is 10.2. The Morgan fingerprint density at radius 3 is 1.62 bits per heavy atom. The predicted molar refractivity (Wildman–Crippen MR) is 257 cm³/mol. The van der Waals surface area contributed by atoms with E-state index >= 15 is 0 Å². The van der Waals surface area contributed by atoms with Gasteiger partial charge in [0.2, 0.25) is 0 Å². The van der Waals surface area contributed by atoms with Crippen molar-refractivity contribution in [3.63, 3.8) is 0 Å². The molecule has 0 radical (unpaired) electrons. The average Bonchev–Trinajstić information content (AvgIpc) is 3.89. The third-order valence-electron chi connectivity index (χ3n) is 12.9. The van der Waals surface area contributed by atoms with Crippen LogP contribution in [-0.2, 0) is 5.41 Å². The lowest BCUT2D eigenvalue weighted by molar-refractivity contribution is 0.436. The molecule has 0 amide bonds. The van der Waals surface area contributed by atoms with Crippen LogP contribution in [-0.4, -0.2) is 15.0 Å². The highest BCUT2D eigenvalue weighted by Crippen LogP contribution is 2.63. The molecule has 0 fully saturated rings. The van der Waals surface area contributed by atoms with Gasteiger partial charge in [-0.2, -0.15) is 0 Å². The summed E-state index contributed by atoms with van der Waals surface area (Å²) in [6.45, 7) is 0. The van der Waals surface area contributed by atoms with Crippen molar-refractivity contribution in [1.29, 1.82) is 0 Å². The van der Waals surface area contributed by atoms with Crippen LogP contribution in [0.25, 0.3) is 87.7 Å². The topological polar surface area (TPSA) is 47.9 Å². The third-order valence-corrected chi connectivity index (χ3v) is 14.1. The summed E-state index contributed by atoms with van der Waals surface area (Å²) in [6, 6.07) is 75.2. The smallest absolute Gasteiger partial charge is 0.164 e. The van der Waals surface area contributed by atoms with Crippen molar-refractivity contribution in [2.75, 3.05) is 0 Å². The molecule has 13 rings (SSSR count). The number of hydrogen-bond acceptors (Lipinski definition) is 5. The van der Waals surface area contributed by atoms with E-state index in [9.17, 15) is 0 Å². The fraction of sp³-hybridized carbons (Fsp3) is 0.0172. The van der Waals surface area contributed by atoms with Crippen molar-refractivity contribution in [2.24, 2.45) is 0 Å². The van der Waals surface area contributed by atoms with Crippen molar-refractivity contribution in [1.82, 2.24) is 15.0 Å². The number of ether oxygens (including phenoxy) is 1. The zero-order chi connectivity index (χ0) is 41.5. The Kier molecular flexibility index (Phi) is 7.96. The van der Waals surface area contributed by atoms with Gasteiger partial charge in [0.15, 0.2) is 17.5 Å². The second-order valence-electron chi connectivity index (χ2n) is 16.2. The summed E-state index contributed by atoms with van der Waals surface area (Å²) in [5.74, 6) is 3.57. The van der Waals surface area contributed by atoms with Crippen LogP contribution in [0.4, 0.5) is 0 Å². The highest BCUT2D eigenvalue weighted by Gasteiger charge is 2.51. The minimum absolute atomic E-state index is 0.612. The summed E-state index contributed by atoms with van der Waals surface area (Å²) in [4.78, 5) is 16.2. The molecule has 0 unspecified atom stereocenters. The predicted octanol–water partition coefficient (Wildman–Crippen LogP) is 15.0. The Hall–Kier alpha value is -7.99. The maximum absolute atomic E-state index is 6.63. The minimum Gasteiger partial charge on any atom is -0.457 e. The van der Waals surface area contributed by atoms with E-state index in [0.29, 0.717) is 17.5 Å². The molecule has 0 N–H and O–H groups in total. The number of para-hydroxylation sites is 2. The van der Waals surface area contributed by atoms with E-state index in [0.717, 1.165) is 67.1 Å². The molecule has 9 aromatic carbocycles. The van der Waals surface area contributed by atoms with Crippen molar-refractivity contribution in [3.8, 4) is 79.0 Å². The van der Waals surface area contributed by atoms with E-state index in [2.05, 4.69) is 206 Å². The molecule has 0 atom stereocenters. The molecule has 2 aromatic heterocycles. The lowest BCUT2D eigenvalue weighted by atomic mass is 9.66. The highest BCUT2D eigenvalue weighted by molar-refractivity contribution is 7.26. The third kappa shape index (κ3) is 5.37. The Labute approximate surface area is 368 Å². The molecule has 3 heterocycles. The maximum atomic E-state index is 6.63. The Bertz CT molecular complexity index is 3570. The van der Waals surface area contributed by atoms with Crippen LogP contribution in [0.15, 0.2) is 212 Å². The molecule has 1 spiro atoms. The first-order chi connectivity index (χ1) is 31.2. The lowest BCUT2D eigenvalue weighted by Gasteiger charge is -2.39. The van der Waals surface area contributed by atoms with E-state index in [4.69, 9.17) is 19.7 Å². The van der Waals surface area contributed by atoms with E-state index in [1.807, 2.05) is 17.4 Å². The van der Waals surface area contributed by atoms with Gasteiger partial charge in [0.1, 0.15) is 11.5 Å². The monoisotopic (exact) mass is 821 g/mol. The molecule has 0 saturated carbocycles. The van der Waals surface area contributed by atoms with Gasteiger partial charge in [-0.1, -0.05) is 194 Å². The first-order valence-electron chi connectivity index (χ1n) is 21.3. The van der Waals surface area contributed by atoms with Crippen LogP contribution in [0.5, 0.6) is 11.5 Å². The maximum Gasteiger partial charge on any atom is 0.164 e. The zero-order valence-corrected chi connectivity index (χ0v) is 34.7. The van der Waals surface area contributed by atoms with Crippen molar-refractivity contribution in [2.45, 2.75) is 5.41 Å². The van der Waals surface area contributed by atoms with Gasteiger partial charge in [-0.05, 0) is 62.7 Å². The molecule has 5 heteroatoms. The summed E-state index contributed by atoms with van der Waals surface area (Å²) in [5.41, 5.74) is 13.6. The summed E-state index contributed by atoms with van der Waals surface area (Å²) < 4.78 is 9.21. The van der Waals surface area contributed by atoms with Crippen LogP contribution >= 0.6 is 11.3 Å². The van der Waals surface area contributed by atoms with Crippen LogP contribution in [0.3, 0.4) is 0 Å². The lowest BCUT2D eigenvalue weighted by Crippen LogP contribution is -2.32. The summed E-state index contributed by atoms with van der Waals surface area (Å²) in [5, 5.41) is 2.58. The number of benzene rings is 9. The molecule has 2 aliphatic rings. The molecule has 294 valence electrons. The van der Waals surface area contributed by atoms with Crippen molar-refractivity contribution in [3.05, 3.63) is 235 Å². The molecule has 0 saturated heterocycles. The molecule has 1 aliphatic carbocycles. The van der Waals surface area contributed by atoms with Crippen molar-refractivity contribution < 1.29 is 4.74 Å². The van der Waals surface area contributed by atoms with Crippen molar-refractivity contribution >= 4 is 31.5 Å². The average molecular weight is 822 g/mol. The minimum atomic E-state index is -0.612. The van der Waals surface area contributed by atoms with Gasteiger partial charge < -0.3 is 4.74 Å². The first-order valence-corrected chi connectivity index (χ1v) is 22.1. The van der Waals surface area contributed by atoms with Crippen LogP contribution in [0, 0.1) is 0 Å². The van der Waals surface area contributed by atoms with Gasteiger partial charge in [0, 0.05) is 48.0 Å². The molecule has 4 nitrogen and oxygen atoms in total. The van der Waals surface area contributed by atoms with Gasteiger partial charge >= 0.3 is 0 Å². The number of aromatic nitrogens is 3. The van der Waals surface area contributed by atoms with Gasteiger partial charge in [0.05, 0.1) is 5.41 Å². The molecule has 11 aromatic rings. The number of nitrogens with zero attached hydrogens (tertiary/aromatic N) is 3. The van der Waals surface area contributed by atoms with E-state index in [1.165, 1.54) is 36.9 Å². The molecular weight excluding hydrogens is 787 g/mol. The van der Waals surface area contributed by atoms with Gasteiger partial charge in [0.25, 0.3) is 0 Å². The second-order valence-corrected chi connectivity index (χ2v) is 17.2. The van der Waals surface area contributed by atoms with Crippen LogP contribution in [0.2, 0.25) is 0 Å². The summed E-state index contributed by atoms with van der Waals surface area (Å²) in [6.07, 6.45) is 0. The van der Waals surface area contributed by atoms with Gasteiger partial charge in [-0.15, -0.1) is 11.3 Å². The Morgan fingerprint density at radius 1 is 0.333 bits per heavy atom. The molecule has 0 bridgehead atoms. The zero-order valence-electron chi connectivity index (χ0n) is 33.9. The van der Waals surface area contributed by atoms with E-state index in [1.54, 1.807) is 0 Å². The summed E-state index contributed by atoms with van der Waals surface area (Å²) >= 11 is 1.85. The van der Waals surface area contributed by atoms with E-state index < -0.39 is 5.41 Å². The quantitative estimate of drug-likeness (QED) is 0.173. The Balaban J connectivity index is 1.03. The number of fused-ring (bicyclic) bond motifs is 12. The fourth-order valence-corrected chi connectivity index (χ4v) is 11.4. The largest absolute Gasteiger partial charge is 0.457 e. The van der Waals surface area contributed by atoms with E-state index in [-0.39, 0.29) is 0 Å². The number of rotatable bonds is 5. The normalized spacial score (nSPS) is 13.0. The van der Waals surface area contributed by atoms with Crippen LogP contribution in [0.1, 0.15) is 22.3 Å². The highest BCUT2D eigenvalue weighted by atomic mass is 32.1. The first kappa shape index (κ1) is 35.7. The summed E-state index contributed by atoms with van der Waals surface area (Å²) in [7, 11) is 0. The standard InChI is InChI=1S/C58H35N3OS/c1-2-16-36(17-3-1)39-18-4-5-20-43(39)56-59-55(38-34-32-37(33-35-38)40-22-14-23-42-41-19-7-13-31-52(41)63-54(40)42)60-57(61-56)45-24-15-28-49-53(45)44-21-6-8-25-46(44)58(49)47-26-9-11-29-50(47)62-51-30-12-10-27-48(51)58/h1-35H. The van der Waals surface area contributed by atoms with Gasteiger partial charge in [-0.25, -0.2) is 15.0 Å². The van der Waals surface area contributed by atoms with Crippen LogP contribution < -0.4 is 4.74 Å². The second kappa shape index (κ2) is 14.0. The number of thiophene rings is 1. The number of hydrogen-bond donors (Lipinski definition) is 0. The molecule has 63 heavy (non-hydrogen) atoms. The Morgan fingerprint density at radius 2 is 0.841 bits per heavy atom. The molecular formula is C58H35N3OS. The van der Waals surface area contributed by atoms with Gasteiger partial charge in [-0.3, -0.25) is 0 Å². The SMILES string of the molecule is c1ccc(-c2ccccc2-c2nc(-c3ccc(-c4cccc5c4sc4ccccc45)cc3)nc(-c3cccc4c3-c3ccccc3C43c4ccccc4Oc4ccccc43)n2)cc1. The molecule has 1 aliphatic heterocycles.